The normalized spacial score (nSPS) is 15.3. The average molecular weight is 623 g/mol. The molecule has 44 heavy (non-hydrogen) atoms. The summed E-state index contributed by atoms with van der Waals surface area (Å²) in [5, 5.41) is 5.99. The molecule has 0 spiro atoms. The van der Waals surface area contributed by atoms with E-state index >= 15 is 0 Å². The van der Waals surface area contributed by atoms with Crippen molar-refractivity contribution >= 4 is 40.9 Å². The number of methoxy groups -OCH3 is 2. The molecule has 1 aliphatic heterocycles. The molecule has 0 bridgehead atoms. The van der Waals surface area contributed by atoms with E-state index in [0.29, 0.717) is 34.3 Å². The first-order valence-corrected chi connectivity index (χ1v) is 14.8. The van der Waals surface area contributed by atoms with Crippen molar-refractivity contribution in [3.05, 3.63) is 70.5 Å². The molecular formula is C33H39ClN4O6. The van der Waals surface area contributed by atoms with Crippen molar-refractivity contribution in [2.24, 2.45) is 0 Å². The third kappa shape index (κ3) is 7.86. The summed E-state index contributed by atoms with van der Waals surface area (Å²) in [6.45, 7) is 8.46. The van der Waals surface area contributed by atoms with Crippen molar-refractivity contribution < 1.29 is 28.6 Å². The molecule has 11 heteroatoms. The quantitative estimate of drug-likeness (QED) is 0.262. The number of pyridine rings is 1. The smallest absolute Gasteiger partial charge is 0.412 e. The lowest BCUT2D eigenvalue weighted by Gasteiger charge is -2.33. The Balaban J connectivity index is 1.53. The number of rotatable bonds is 8. The van der Waals surface area contributed by atoms with Gasteiger partial charge in [0, 0.05) is 35.6 Å². The summed E-state index contributed by atoms with van der Waals surface area (Å²) in [5.74, 6) is -0.228. The minimum atomic E-state index is -0.633. The molecule has 0 unspecified atom stereocenters. The van der Waals surface area contributed by atoms with Crippen LogP contribution in [-0.4, -0.2) is 60.3 Å². The molecule has 0 saturated carbocycles. The molecule has 1 saturated heterocycles. The molecule has 1 fully saturated rings. The van der Waals surface area contributed by atoms with E-state index in [9.17, 15) is 14.4 Å². The number of nitrogens with zero attached hydrogens (tertiary/aromatic N) is 2. The van der Waals surface area contributed by atoms with Crippen molar-refractivity contribution in [1.82, 2.24) is 9.88 Å². The van der Waals surface area contributed by atoms with Crippen LogP contribution in [0.5, 0.6) is 5.75 Å². The van der Waals surface area contributed by atoms with Gasteiger partial charge >= 0.3 is 12.1 Å². The van der Waals surface area contributed by atoms with Gasteiger partial charge in [-0.2, -0.15) is 0 Å². The number of esters is 1. The number of likely N-dealkylation sites (tertiary alicyclic amines) is 1. The maximum Gasteiger partial charge on any atom is 0.412 e. The number of halogens is 1. The van der Waals surface area contributed by atoms with Crippen LogP contribution in [0.3, 0.4) is 0 Å². The summed E-state index contributed by atoms with van der Waals surface area (Å²) < 4.78 is 16.0. The first kappa shape index (κ1) is 32.8. The van der Waals surface area contributed by atoms with E-state index in [1.807, 2.05) is 25.1 Å². The second-order valence-corrected chi connectivity index (χ2v) is 12.0. The number of carbonyl (C=O) groups is 3. The van der Waals surface area contributed by atoms with Gasteiger partial charge in [0.1, 0.15) is 23.1 Å². The van der Waals surface area contributed by atoms with E-state index in [1.165, 1.54) is 14.2 Å². The summed E-state index contributed by atoms with van der Waals surface area (Å²) in [4.78, 5) is 44.4. The monoisotopic (exact) mass is 622 g/mol. The van der Waals surface area contributed by atoms with E-state index in [0.717, 1.165) is 42.5 Å². The van der Waals surface area contributed by atoms with Gasteiger partial charge in [-0.15, -0.1) is 0 Å². The number of benzene rings is 2. The second-order valence-electron chi connectivity index (χ2n) is 11.6. The Morgan fingerprint density at radius 1 is 1.02 bits per heavy atom. The van der Waals surface area contributed by atoms with Crippen LogP contribution in [0.1, 0.15) is 61.6 Å². The van der Waals surface area contributed by atoms with E-state index in [2.05, 4.69) is 20.5 Å². The van der Waals surface area contributed by atoms with Crippen molar-refractivity contribution in [2.45, 2.75) is 65.1 Å². The fourth-order valence-electron chi connectivity index (χ4n) is 5.20. The number of anilines is 2. The highest BCUT2D eigenvalue weighted by Crippen LogP contribution is 2.38. The summed E-state index contributed by atoms with van der Waals surface area (Å²) in [6, 6.07) is 12.1. The zero-order valence-corrected chi connectivity index (χ0v) is 26.7. The summed E-state index contributed by atoms with van der Waals surface area (Å²) in [6.07, 6.45) is 3.71. The Bertz CT molecular complexity index is 1540. The zero-order valence-electron chi connectivity index (χ0n) is 26.0. The molecule has 2 aromatic carbocycles. The van der Waals surface area contributed by atoms with Gasteiger partial charge in [-0.25, -0.2) is 4.79 Å². The van der Waals surface area contributed by atoms with Gasteiger partial charge < -0.3 is 19.5 Å². The predicted molar refractivity (Wildman–Crippen MR) is 170 cm³/mol. The van der Waals surface area contributed by atoms with Crippen LogP contribution in [0.4, 0.5) is 16.2 Å². The molecule has 0 aliphatic carbocycles. The third-order valence-electron chi connectivity index (χ3n) is 7.36. The topological polar surface area (TPSA) is 119 Å². The SMILES string of the molecule is COC(=O)[C@@H]1CCCCN1Cc1cnc(C(=O)Nc2cccc(-c3cccc(NC(=O)OC(C)(C)C)c3C)c2Cl)cc1OC. The Labute approximate surface area is 263 Å². The van der Waals surface area contributed by atoms with Gasteiger partial charge in [0.25, 0.3) is 5.91 Å². The van der Waals surface area contributed by atoms with Crippen LogP contribution < -0.4 is 15.4 Å². The number of ether oxygens (including phenoxy) is 3. The number of piperidine rings is 1. The highest BCUT2D eigenvalue weighted by molar-refractivity contribution is 6.36. The predicted octanol–water partition coefficient (Wildman–Crippen LogP) is 6.85. The van der Waals surface area contributed by atoms with Crippen LogP contribution in [0.25, 0.3) is 11.1 Å². The lowest BCUT2D eigenvalue weighted by atomic mass is 9.98. The average Bonchev–Trinajstić information content (AvgIpc) is 2.98. The number of amides is 2. The molecule has 234 valence electrons. The van der Waals surface area contributed by atoms with Crippen LogP contribution in [0.15, 0.2) is 48.7 Å². The minimum Gasteiger partial charge on any atom is -0.496 e. The maximum absolute atomic E-state index is 13.3. The highest BCUT2D eigenvalue weighted by Gasteiger charge is 2.30. The molecule has 4 rings (SSSR count). The summed E-state index contributed by atoms with van der Waals surface area (Å²) >= 11 is 6.82. The van der Waals surface area contributed by atoms with Crippen molar-refractivity contribution in [3.63, 3.8) is 0 Å². The Morgan fingerprint density at radius 2 is 1.73 bits per heavy atom. The van der Waals surface area contributed by atoms with Crippen molar-refractivity contribution in [1.29, 1.82) is 0 Å². The van der Waals surface area contributed by atoms with Gasteiger partial charge in [0.2, 0.25) is 0 Å². The maximum atomic E-state index is 13.3. The van der Waals surface area contributed by atoms with E-state index < -0.39 is 17.6 Å². The van der Waals surface area contributed by atoms with E-state index in [1.54, 1.807) is 51.2 Å². The molecule has 2 amide bonds. The molecule has 2 heterocycles. The lowest BCUT2D eigenvalue weighted by molar-refractivity contribution is -0.148. The van der Waals surface area contributed by atoms with Gasteiger partial charge in [-0.05, 0) is 70.3 Å². The molecule has 10 nitrogen and oxygen atoms in total. The van der Waals surface area contributed by atoms with Crippen molar-refractivity contribution in [3.8, 4) is 16.9 Å². The van der Waals surface area contributed by atoms with Crippen LogP contribution >= 0.6 is 11.6 Å². The molecule has 1 atom stereocenters. The molecule has 1 aromatic heterocycles. The van der Waals surface area contributed by atoms with Gasteiger partial charge in [-0.3, -0.25) is 24.8 Å². The molecule has 2 N–H and O–H groups in total. The third-order valence-corrected chi connectivity index (χ3v) is 7.77. The highest BCUT2D eigenvalue weighted by atomic mass is 35.5. The van der Waals surface area contributed by atoms with Crippen LogP contribution in [-0.2, 0) is 20.8 Å². The van der Waals surface area contributed by atoms with Crippen LogP contribution in [0, 0.1) is 6.92 Å². The molecule has 0 radical (unpaired) electrons. The standard InChI is InChI=1S/C33H39ClN4O6/c1-20-22(11-9-13-24(20)37-32(41)44-33(2,3)4)23-12-10-14-25(29(23)34)36-30(39)26-17-28(42-5)21(18-35-26)19-38-16-8-7-15-27(38)31(40)43-6/h9-14,17-18,27H,7-8,15-16,19H2,1-6H3,(H,36,39)(H,37,41)/t27-/m0/s1. The second kappa shape index (κ2) is 14.1. The Kier molecular flexibility index (Phi) is 10.5. The lowest BCUT2D eigenvalue weighted by Crippen LogP contribution is -2.44. The minimum absolute atomic E-state index is 0.148. The first-order chi connectivity index (χ1) is 20.9. The Morgan fingerprint density at radius 3 is 2.41 bits per heavy atom. The zero-order chi connectivity index (χ0) is 32.0. The number of aromatic nitrogens is 1. The van der Waals surface area contributed by atoms with Gasteiger partial charge in [-0.1, -0.05) is 42.3 Å². The number of carbonyl (C=O) groups excluding carboxylic acids is 3. The first-order valence-electron chi connectivity index (χ1n) is 14.5. The van der Waals surface area contributed by atoms with Crippen molar-refractivity contribution in [2.75, 3.05) is 31.4 Å². The Hall–Kier alpha value is -4.15. The van der Waals surface area contributed by atoms with E-state index in [-0.39, 0.29) is 17.7 Å². The van der Waals surface area contributed by atoms with Gasteiger partial charge in [0.05, 0.1) is 24.9 Å². The molecule has 3 aromatic rings. The molecular weight excluding hydrogens is 584 g/mol. The molecule has 1 aliphatic rings. The van der Waals surface area contributed by atoms with Gasteiger partial charge in [0.15, 0.2) is 0 Å². The number of hydrogen-bond acceptors (Lipinski definition) is 8. The fraction of sp³-hybridized carbons (Fsp3) is 0.394. The van der Waals surface area contributed by atoms with E-state index in [4.69, 9.17) is 25.8 Å². The number of hydrogen-bond donors (Lipinski definition) is 2. The summed E-state index contributed by atoms with van der Waals surface area (Å²) in [5.41, 5.74) is 3.51. The number of nitrogens with one attached hydrogen (secondary N) is 2. The largest absolute Gasteiger partial charge is 0.496 e. The van der Waals surface area contributed by atoms with Crippen LogP contribution in [0.2, 0.25) is 5.02 Å². The summed E-state index contributed by atoms with van der Waals surface area (Å²) in [7, 11) is 2.93. The fourth-order valence-corrected chi connectivity index (χ4v) is 5.47.